The monoisotopic (exact) mass is 476 g/mol. The van der Waals surface area contributed by atoms with Crippen molar-refractivity contribution in [2.24, 2.45) is 4.99 Å². The van der Waals surface area contributed by atoms with E-state index in [1.165, 1.54) is 32.9 Å². The van der Waals surface area contributed by atoms with Gasteiger partial charge in [0.1, 0.15) is 24.1 Å². The van der Waals surface area contributed by atoms with Crippen LogP contribution < -0.4 is 9.47 Å². The topological polar surface area (TPSA) is 45.0 Å². The van der Waals surface area contributed by atoms with Gasteiger partial charge in [0.2, 0.25) is 0 Å². The van der Waals surface area contributed by atoms with E-state index in [0.717, 1.165) is 35.1 Å². The molecule has 0 radical (unpaired) electrons. The molecule has 0 saturated heterocycles. The lowest BCUT2D eigenvalue weighted by molar-refractivity contribution is 0.305. The molecule has 5 aromatic rings. The van der Waals surface area contributed by atoms with E-state index in [1.54, 1.807) is 14.2 Å². The van der Waals surface area contributed by atoms with Crippen LogP contribution >= 0.6 is 0 Å². The molecule has 36 heavy (non-hydrogen) atoms. The molecule has 2 heterocycles. The SMILES string of the molecule is COc1ccc(-c2ccc3c(c2)c2cc(-c4ccc(OC)cc4)ccc2n3C[C@H]2COC(C)=N2)cc1. The summed E-state index contributed by atoms with van der Waals surface area (Å²) in [6.45, 7) is 3.33. The summed E-state index contributed by atoms with van der Waals surface area (Å²) in [7, 11) is 3.38. The third-order valence-electron chi connectivity index (χ3n) is 6.95. The Morgan fingerprint density at radius 3 is 1.61 bits per heavy atom. The first kappa shape index (κ1) is 22.2. The normalized spacial score (nSPS) is 15.2. The van der Waals surface area contributed by atoms with Gasteiger partial charge in [-0.25, -0.2) is 4.99 Å². The fourth-order valence-corrected chi connectivity index (χ4v) is 5.08. The molecule has 0 fully saturated rings. The van der Waals surface area contributed by atoms with E-state index >= 15 is 0 Å². The molecule has 1 aromatic heterocycles. The molecule has 0 saturated carbocycles. The van der Waals surface area contributed by atoms with Crippen molar-refractivity contribution >= 4 is 27.7 Å². The van der Waals surface area contributed by atoms with Gasteiger partial charge in [0, 0.05) is 35.3 Å². The summed E-state index contributed by atoms with van der Waals surface area (Å²) in [5.41, 5.74) is 7.08. The predicted molar refractivity (Wildman–Crippen MR) is 146 cm³/mol. The molecule has 0 spiro atoms. The van der Waals surface area contributed by atoms with Crippen LogP contribution in [0.5, 0.6) is 11.5 Å². The highest BCUT2D eigenvalue weighted by Crippen LogP contribution is 2.36. The number of benzene rings is 4. The second kappa shape index (κ2) is 9.08. The summed E-state index contributed by atoms with van der Waals surface area (Å²) in [6.07, 6.45) is 0. The van der Waals surface area contributed by atoms with E-state index < -0.39 is 0 Å². The van der Waals surface area contributed by atoms with Crippen LogP contribution in [0.3, 0.4) is 0 Å². The largest absolute Gasteiger partial charge is 0.497 e. The highest BCUT2D eigenvalue weighted by molar-refractivity contribution is 6.10. The maximum atomic E-state index is 5.65. The lowest BCUT2D eigenvalue weighted by atomic mass is 10.00. The maximum Gasteiger partial charge on any atom is 0.180 e. The van der Waals surface area contributed by atoms with Crippen molar-refractivity contribution in [2.75, 3.05) is 20.8 Å². The number of aromatic nitrogens is 1. The molecule has 4 aromatic carbocycles. The maximum absolute atomic E-state index is 5.65. The summed E-state index contributed by atoms with van der Waals surface area (Å²) >= 11 is 0. The molecule has 0 aliphatic carbocycles. The molecule has 1 aliphatic heterocycles. The zero-order chi connectivity index (χ0) is 24.6. The Morgan fingerprint density at radius 1 is 0.722 bits per heavy atom. The third-order valence-corrected chi connectivity index (χ3v) is 6.95. The molecule has 5 nitrogen and oxygen atoms in total. The second-order valence-electron chi connectivity index (χ2n) is 9.14. The van der Waals surface area contributed by atoms with Crippen LogP contribution in [0.1, 0.15) is 6.92 Å². The molecule has 5 heteroatoms. The Kier molecular flexibility index (Phi) is 5.61. The number of ether oxygens (including phenoxy) is 3. The van der Waals surface area contributed by atoms with Crippen molar-refractivity contribution in [2.45, 2.75) is 19.5 Å². The van der Waals surface area contributed by atoms with Gasteiger partial charge in [0.25, 0.3) is 0 Å². The molecule has 1 atom stereocenters. The Bertz CT molecular complexity index is 1480. The van der Waals surface area contributed by atoms with Crippen LogP contribution in [0.25, 0.3) is 44.1 Å². The molecule has 0 unspecified atom stereocenters. The van der Waals surface area contributed by atoms with Crippen molar-refractivity contribution in [3.8, 4) is 33.8 Å². The van der Waals surface area contributed by atoms with Crippen LogP contribution in [0.2, 0.25) is 0 Å². The second-order valence-corrected chi connectivity index (χ2v) is 9.14. The summed E-state index contributed by atoms with van der Waals surface area (Å²) < 4.78 is 18.7. The lowest BCUT2D eigenvalue weighted by Crippen LogP contribution is -2.15. The van der Waals surface area contributed by atoms with Crippen LogP contribution in [0.4, 0.5) is 0 Å². The van der Waals surface area contributed by atoms with Crippen molar-refractivity contribution < 1.29 is 14.2 Å². The van der Waals surface area contributed by atoms with E-state index in [9.17, 15) is 0 Å². The van der Waals surface area contributed by atoms with Gasteiger partial charge in [-0.1, -0.05) is 36.4 Å². The zero-order valence-corrected chi connectivity index (χ0v) is 20.7. The zero-order valence-electron chi connectivity index (χ0n) is 20.7. The third kappa shape index (κ3) is 3.97. The van der Waals surface area contributed by atoms with Crippen LogP contribution in [0, 0.1) is 0 Å². The van der Waals surface area contributed by atoms with Crippen molar-refractivity contribution in [3.63, 3.8) is 0 Å². The van der Waals surface area contributed by atoms with Gasteiger partial charge in [-0.05, 0) is 70.8 Å². The molecule has 1 aliphatic rings. The average molecular weight is 477 g/mol. The number of aliphatic imine (C=N–C) groups is 1. The number of rotatable bonds is 6. The number of hydrogen-bond donors (Lipinski definition) is 0. The standard InChI is InChI=1S/C31H28N2O3/c1-20-32-25(19-36-20)18-33-30-14-8-23(21-4-10-26(34-2)11-5-21)16-28(30)29-17-24(9-15-31(29)33)22-6-12-27(35-3)13-7-22/h4-17,25H,18-19H2,1-3H3/t25-/m0/s1. The number of hydrogen-bond acceptors (Lipinski definition) is 4. The first-order valence-electron chi connectivity index (χ1n) is 12.1. The fraction of sp³-hybridized carbons (Fsp3) is 0.194. The first-order chi connectivity index (χ1) is 17.6. The Hall–Kier alpha value is -4.25. The lowest BCUT2D eigenvalue weighted by Gasteiger charge is -2.11. The Balaban J connectivity index is 1.51. The minimum absolute atomic E-state index is 0.117. The Labute approximate surface area is 210 Å². The summed E-state index contributed by atoms with van der Waals surface area (Å²) in [5.74, 6) is 2.48. The summed E-state index contributed by atoms with van der Waals surface area (Å²) in [6, 6.07) is 30.0. The molecule has 0 N–H and O–H groups in total. The van der Waals surface area contributed by atoms with Gasteiger partial charge in [0.15, 0.2) is 5.90 Å². The molecular weight excluding hydrogens is 448 g/mol. The number of fused-ring (bicyclic) bond motifs is 3. The molecule has 180 valence electrons. The number of nitrogens with zero attached hydrogens (tertiary/aromatic N) is 2. The van der Waals surface area contributed by atoms with Crippen molar-refractivity contribution in [3.05, 3.63) is 84.9 Å². The molecule has 6 rings (SSSR count). The van der Waals surface area contributed by atoms with Crippen molar-refractivity contribution in [1.29, 1.82) is 0 Å². The minimum atomic E-state index is 0.117. The minimum Gasteiger partial charge on any atom is -0.497 e. The molecule has 0 bridgehead atoms. The van der Waals surface area contributed by atoms with Crippen LogP contribution in [-0.4, -0.2) is 37.3 Å². The van der Waals surface area contributed by atoms with E-state index in [4.69, 9.17) is 14.2 Å². The van der Waals surface area contributed by atoms with Gasteiger partial charge in [-0.2, -0.15) is 0 Å². The van der Waals surface area contributed by atoms with Gasteiger partial charge >= 0.3 is 0 Å². The van der Waals surface area contributed by atoms with Gasteiger partial charge in [-0.15, -0.1) is 0 Å². The Morgan fingerprint density at radius 2 is 1.19 bits per heavy atom. The van der Waals surface area contributed by atoms with Gasteiger partial charge in [-0.3, -0.25) is 0 Å². The van der Waals surface area contributed by atoms with E-state index in [2.05, 4.69) is 70.2 Å². The number of methoxy groups -OCH3 is 2. The van der Waals surface area contributed by atoms with Crippen molar-refractivity contribution in [1.82, 2.24) is 4.57 Å². The highest BCUT2D eigenvalue weighted by atomic mass is 16.5. The smallest absolute Gasteiger partial charge is 0.180 e. The highest BCUT2D eigenvalue weighted by Gasteiger charge is 2.20. The fourth-order valence-electron chi connectivity index (χ4n) is 5.08. The van der Waals surface area contributed by atoms with Crippen LogP contribution in [-0.2, 0) is 11.3 Å². The van der Waals surface area contributed by atoms with Gasteiger partial charge in [0.05, 0.1) is 14.2 Å². The summed E-state index contributed by atoms with van der Waals surface area (Å²) in [4.78, 5) is 4.69. The predicted octanol–water partition coefficient (Wildman–Crippen LogP) is 6.96. The summed E-state index contributed by atoms with van der Waals surface area (Å²) in [5, 5.41) is 2.46. The van der Waals surface area contributed by atoms with Gasteiger partial charge < -0.3 is 18.8 Å². The molecular formula is C31H28N2O3. The van der Waals surface area contributed by atoms with Crippen LogP contribution in [0.15, 0.2) is 89.9 Å². The van der Waals surface area contributed by atoms with E-state index in [-0.39, 0.29) is 6.04 Å². The van der Waals surface area contributed by atoms with E-state index in [0.29, 0.717) is 6.61 Å². The quantitative estimate of drug-likeness (QED) is 0.266. The van der Waals surface area contributed by atoms with E-state index in [1.807, 2.05) is 31.2 Å². The molecule has 0 amide bonds. The first-order valence-corrected chi connectivity index (χ1v) is 12.1. The average Bonchev–Trinajstić information content (AvgIpc) is 3.48.